The number of rotatable bonds is 5. The maximum atomic E-state index is 13.4. The molecular weight excluding hydrogens is 223 g/mol. The lowest BCUT2D eigenvalue weighted by molar-refractivity contribution is -0.159. The number of hydrogen-bond donors (Lipinski definition) is 0. The summed E-state index contributed by atoms with van der Waals surface area (Å²) in [7, 11) is 0. The molecule has 1 aromatic carbocycles. The number of halogens is 1. The van der Waals surface area contributed by atoms with Crippen LogP contribution in [0.1, 0.15) is 19.4 Å². The summed E-state index contributed by atoms with van der Waals surface area (Å²) < 4.78 is 22.8. The topological polar surface area (TPSA) is 35.5 Å². The average Bonchev–Trinajstić information content (AvgIpc) is 2.32. The minimum absolute atomic E-state index is 0.124. The van der Waals surface area contributed by atoms with E-state index in [2.05, 4.69) is 4.74 Å². The van der Waals surface area contributed by atoms with E-state index in [1.54, 1.807) is 43.3 Å². The van der Waals surface area contributed by atoms with Crippen molar-refractivity contribution in [2.45, 2.75) is 20.2 Å². The molecule has 0 bridgehead atoms. The first-order chi connectivity index (χ1) is 8.19. The van der Waals surface area contributed by atoms with Crippen molar-refractivity contribution in [1.29, 1.82) is 0 Å². The largest absolute Gasteiger partial charge is 0.461 e. The van der Waals surface area contributed by atoms with Gasteiger partial charge in [0, 0.05) is 5.56 Å². The van der Waals surface area contributed by atoms with E-state index >= 15 is 0 Å². The van der Waals surface area contributed by atoms with Crippen molar-refractivity contribution in [1.82, 2.24) is 0 Å². The Balaban J connectivity index is 2.77. The van der Waals surface area contributed by atoms with Crippen molar-refractivity contribution in [3.63, 3.8) is 0 Å². The van der Waals surface area contributed by atoms with Gasteiger partial charge in [-0.3, -0.25) is 0 Å². The lowest BCUT2D eigenvalue weighted by atomic mass is 10.2. The highest BCUT2D eigenvalue weighted by atomic mass is 19.1. The Kier molecular flexibility index (Phi) is 5.20. The van der Waals surface area contributed by atoms with Crippen LogP contribution in [0.3, 0.4) is 0 Å². The number of alkyl halides is 1. The number of ether oxygens (including phenoxy) is 2. The minimum atomic E-state index is -2.10. The van der Waals surface area contributed by atoms with Crippen LogP contribution in [0.5, 0.6) is 5.75 Å². The van der Waals surface area contributed by atoms with Gasteiger partial charge in [0.25, 0.3) is 0 Å². The number of benzene rings is 1. The van der Waals surface area contributed by atoms with Gasteiger partial charge < -0.3 is 9.47 Å². The number of esters is 1. The van der Waals surface area contributed by atoms with Crippen molar-refractivity contribution in [3.8, 4) is 5.75 Å². The molecule has 0 spiro atoms. The molecule has 4 heteroatoms. The summed E-state index contributed by atoms with van der Waals surface area (Å²) in [6.07, 6.45) is 1.48. The van der Waals surface area contributed by atoms with E-state index in [-0.39, 0.29) is 6.61 Å². The molecule has 1 aromatic rings. The lowest BCUT2D eigenvalue weighted by Crippen LogP contribution is -2.25. The second kappa shape index (κ2) is 6.68. The zero-order chi connectivity index (χ0) is 12.7. The highest BCUT2D eigenvalue weighted by Gasteiger charge is 2.20. The van der Waals surface area contributed by atoms with Crippen molar-refractivity contribution < 1.29 is 18.7 Å². The first-order valence-electron chi connectivity index (χ1n) is 5.38. The molecule has 0 heterocycles. The zero-order valence-electron chi connectivity index (χ0n) is 9.85. The summed E-state index contributed by atoms with van der Waals surface area (Å²) in [6.45, 7) is 3.58. The fourth-order valence-corrected chi connectivity index (χ4v) is 1.27. The van der Waals surface area contributed by atoms with E-state index in [1.165, 1.54) is 0 Å². The lowest BCUT2D eigenvalue weighted by Gasteiger charge is -2.12. The molecule has 0 aliphatic rings. The SMILES string of the molecule is CC=Cc1ccccc1OC(F)C(=O)OCC. The van der Waals surface area contributed by atoms with Gasteiger partial charge in [-0.1, -0.05) is 30.4 Å². The quantitative estimate of drug-likeness (QED) is 0.740. The molecule has 0 saturated carbocycles. The van der Waals surface area contributed by atoms with E-state index in [0.717, 1.165) is 0 Å². The number of hydrogen-bond acceptors (Lipinski definition) is 3. The molecule has 1 rings (SSSR count). The summed E-state index contributed by atoms with van der Waals surface area (Å²) in [5.74, 6) is -0.700. The summed E-state index contributed by atoms with van der Waals surface area (Å²) in [4.78, 5) is 11.1. The second-order valence-corrected chi connectivity index (χ2v) is 3.22. The van der Waals surface area contributed by atoms with Crippen LogP contribution in [0.15, 0.2) is 30.3 Å². The number of para-hydroxylation sites is 1. The number of carbonyl (C=O) groups is 1. The third-order valence-corrected chi connectivity index (χ3v) is 1.97. The number of carbonyl (C=O) groups excluding carboxylic acids is 1. The molecule has 0 amide bonds. The fraction of sp³-hybridized carbons (Fsp3) is 0.308. The molecule has 0 aliphatic carbocycles. The van der Waals surface area contributed by atoms with Gasteiger partial charge in [-0.15, -0.1) is 0 Å². The van der Waals surface area contributed by atoms with Crippen LogP contribution < -0.4 is 4.74 Å². The fourth-order valence-electron chi connectivity index (χ4n) is 1.27. The minimum Gasteiger partial charge on any atom is -0.461 e. The Bertz CT molecular complexity index is 401. The Hall–Kier alpha value is -1.84. The van der Waals surface area contributed by atoms with Crippen molar-refractivity contribution in [2.24, 2.45) is 0 Å². The molecule has 92 valence electrons. The van der Waals surface area contributed by atoms with Crippen LogP contribution >= 0.6 is 0 Å². The van der Waals surface area contributed by atoms with Gasteiger partial charge in [0.1, 0.15) is 5.75 Å². The number of allylic oxidation sites excluding steroid dienone is 1. The van der Waals surface area contributed by atoms with Gasteiger partial charge in [0.05, 0.1) is 6.61 Å². The van der Waals surface area contributed by atoms with E-state index in [1.807, 2.05) is 6.92 Å². The molecule has 0 aromatic heterocycles. The normalized spacial score (nSPS) is 12.4. The molecule has 0 aliphatic heterocycles. The highest BCUT2D eigenvalue weighted by molar-refractivity contribution is 5.73. The van der Waals surface area contributed by atoms with Gasteiger partial charge in [0.15, 0.2) is 0 Å². The van der Waals surface area contributed by atoms with Crippen LogP contribution in [0, 0.1) is 0 Å². The Morgan fingerprint density at radius 2 is 2.18 bits per heavy atom. The summed E-state index contributed by atoms with van der Waals surface area (Å²) in [5, 5.41) is 0. The van der Waals surface area contributed by atoms with Crippen molar-refractivity contribution >= 4 is 12.0 Å². The average molecular weight is 238 g/mol. The van der Waals surface area contributed by atoms with Crippen LogP contribution in [0.4, 0.5) is 4.39 Å². The van der Waals surface area contributed by atoms with E-state index in [0.29, 0.717) is 11.3 Å². The summed E-state index contributed by atoms with van der Waals surface area (Å²) in [5.41, 5.74) is 0.710. The molecule has 17 heavy (non-hydrogen) atoms. The third-order valence-electron chi connectivity index (χ3n) is 1.97. The first-order valence-corrected chi connectivity index (χ1v) is 5.38. The van der Waals surface area contributed by atoms with Gasteiger partial charge in [-0.2, -0.15) is 4.39 Å². The summed E-state index contributed by atoms with van der Waals surface area (Å²) in [6, 6.07) is 6.88. The molecular formula is C13H15FO3. The molecule has 0 fully saturated rings. The van der Waals surface area contributed by atoms with Gasteiger partial charge in [-0.05, 0) is 19.9 Å². The Labute approximate surface area is 99.9 Å². The molecule has 0 saturated heterocycles. The van der Waals surface area contributed by atoms with Crippen LogP contribution in [-0.4, -0.2) is 18.9 Å². The van der Waals surface area contributed by atoms with Gasteiger partial charge in [0.2, 0.25) is 0 Å². The van der Waals surface area contributed by atoms with Crippen LogP contribution in [-0.2, 0) is 9.53 Å². The predicted molar refractivity (Wildman–Crippen MR) is 63.3 cm³/mol. The standard InChI is InChI=1S/C13H15FO3/c1-3-7-10-8-5-6-9-11(10)17-12(14)13(15)16-4-2/h3,5-9,12H,4H2,1-2H3. The molecule has 1 unspecified atom stereocenters. The van der Waals surface area contributed by atoms with Crippen molar-refractivity contribution in [2.75, 3.05) is 6.61 Å². The maximum Gasteiger partial charge on any atom is 0.381 e. The van der Waals surface area contributed by atoms with Gasteiger partial charge in [-0.25, -0.2) is 4.79 Å². The van der Waals surface area contributed by atoms with E-state index in [9.17, 15) is 9.18 Å². The highest BCUT2D eigenvalue weighted by Crippen LogP contribution is 2.21. The molecule has 0 radical (unpaired) electrons. The monoisotopic (exact) mass is 238 g/mol. The van der Waals surface area contributed by atoms with E-state index < -0.39 is 12.3 Å². The molecule has 3 nitrogen and oxygen atoms in total. The second-order valence-electron chi connectivity index (χ2n) is 3.22. The van der Waals surface area contributed by atoms with Crippen molar-refractivity contribution in [3.05, 3.63) is 35.9 Å². The maximum absolute atomic E-state index is 13.4. The molecule has 0 N–H and O–H groups in total. The van der Waals surface area contributed by atoms with Crippen LogP contribution in [0.25, 0.3) is 6.08 Å². The first kappa shape index (κ1) is 13.2. The predicted octanol–water partition coefficient (Wildman–Crippen LogP) is 2.96. The summed E-state index contributed by atoms with van der Waals surface area (Å²) >= 11 is 0. The zero-order valence-corrected chi connectivity index (χ0v) is 9.85. The Morgan fingerprint density at radius 1 is 1.47 bits per heavy atom. The van der Waals surface area contributed by atoms with E-state index in [4.69, 9.17) is 4.74 Å². The Morgan fingerprint density at radius 3 is 2.82 bits per heavy atom. The molecule has 1 atom stereocenters. The smallest absolute Gasteiger partial charge is 0.381 e. The van der Waals surface area contributed by atoms with Crippen LogP contribution in [0.2, 0.25) is 0 Å². The van der Waals surface area contributed by atoms with Gasteiger partial charge >= 0.3 is 12.3 Å². The third kappa shape index (κ3) is 3.90.